The fraction of sp³-hybridized carbons (Fsp3) is 0.615. The van der Waals surface area contributed by atoms with Crippen LogP contribution in [0.15, 0.2) is 30.3 Å². The van der Waals surface area contributed by atoms with Crippen molar-refractivity contribution >= 4 is 23.7 Å². The number of ketones is 1. The Morgan fingerprint density at radius 3 is 2.29 bits per heavy atom. The fourth-order valence-corrected chi connectivity index (χ4v) is 3.34. The predicted octanol–water partition coefficient (Wildman–Crippen LogP) is 2.50. The zero-order valence-corrected chi connectivity index (χ0v) is 21.6. The van der Waals surface area contributed by atoms with E-state index in [1.54, 1.807) is 20.8 Å². The lowest BCUT2D eigenvalue weighted by atomic mass is 9.96. The first-order chi connectivity index (χ1) is 16.5. The maximum absolute atomic E-state index is 13.0. The third kappa shape index (κ3) is 12.4. The number of aliphatic hydroxyl groups excluding tert-OH is 1. The Morgan fingerprint density at radius 1 is 1.06 bits per heavy atom. The average molecular weight is 492 g/mol. The number of benzene rings is 1. The normalized spacial score (nSPS) is 13.8. The van der Waals surface area contributed by atoms with Gasteiger partial charge in [0.25, 0.3) is 0 Å². The van der Waals surface area contributed by atoms with Crippen molar-refractivity contribution in [3.63, 3.8) is 0 Å². The van der Waals surface area contributed by atoms with Gasteiger partial charge >= 0.3 is 6.09 Å². The lowest BCUT2D eigenvalue weighted by Crippen LogP contribution is -2.54. The van der Waals surface area contributed by atoms with Crippen molar-refractivity contribution in [2.24, 2.45) is 5.92 Å². The van der Waals surface area contributed by atoms with Gasteiger partial charge in [-0.1, -0.05) is 50.6 Å². The molecule has 0 bridgehead atoms. The number of carbonyl (C=O) groups excluding carboxylic acids is 4. The number of ether oxygens (including phenoxy) is 1. The van der Waals surface area contributed by atoms with Gasteiger partial charge in [-0.15, -0.1) is 0 Å². The molecule has 0 aromatic heterocycles. The molecule has 0 saturated heterocycles. The summed E-state index contributed by atoms with van der Waals surface area (Å²) in [7, 11) is 0. The Labute approximate surface area is 208 Å². The smallest absolute Gasteiger partial charge is 0.407 e. The summed E-state index contributed by atoms with van der Waals surface area (Å²) in [6.45, 7) is 8.64. The molecule has 0 aliphatic carbocycles. The van der Waals surface area contributed by atoms with E-state index in [1.165, 1.54) is 0 Å². The van der Waals surface area contributed by atoms with Crippen LogP contribution < -0.4 is 16.0 Å². The highest BCUT2D eigenvalue weighted by atomic mass is 16.6. The van der Waals surface area contributed by atoms with Crippen LogP contribution in [0.2, 0.25) is 0 Å². The van der Waals surface area contributed by atoms with Crippen molar-refractivity contribution in [1.82, 2.24) is 16.0 Å². The van der Waals surface area contributed by atoms with Crippen molar-refractivity contribution in [2.45, 2.75) is 84.4 Å². The Hall–Kier alpha value is -2.94. The third-order valence-electron chi connectivity index (χ3n) is 5.49. The first-order valence-corrected chi connectivity index (χ1v) is 12.2. The molecule has 4 N–H and O–H groups in total. The molecule has 0 heterocycles. The molecule has 9 heteroatoms. The van der Waals surface area contributed by atoms with E-state index < -0.39 is 42.1 Å². The molecule has 3 amide bonds. The van der Waals surface area contributed by atoms with Gasteiger partial charge in [0.05, 0.1) is 6.04 Å². The number of Topliss-reactive ketones (excluding diaryl/α,β-unsaturated/α-hetero) is 1. The largest absolute Gasteiger partial charge is 0.444 e. The van der Waals surface area contributed by atoms with Gasteiger partial charge in [0.1, 0.15) is 18.2 Å². The number of aryl methyl sites for hydroxylation is 1. The van der Waals surface area contributed by atoms with Gasteiger partial charge in [-0.2, -0.15) is 0 Å². The fourth-order valence-electron chi connectivity index (χ4n) is 3.34. The van der Waals surface area contributed by atoms with E-state index in [9.17, 15) is 24.3 Å². The van der Waals surface area contributed by atoms with Gasteiger partial charge in [0, 0.05) is 13.0 Å². The molecule has 0 radical (unpaired) electrons. The highest BCUT2D eigenvalue weighted by Gasteiger charge is 2.29. The van der Waals surface area contributed by atoms with Gasteiger partial charge < -0.3 is 25.8 Å². The number of rotatable bonds is 14. The number of carbonyl (C=O) groups is 4. The maximum atomic E-state index is 13.0. The Kier molecular flexibility index (Phi) is 13.0. The summed E-state index contributed by atoms with van der Waals surface area (Å²) in [5.74, 6) is -1.43. The van der Waals surface area contributed by atoms with Crippen LogP contribution >= 0.6 is 0 Å². The quantitative estimate of drug-likeness (QED) is 0.296. The minimum absolute atomic E-state index is 0.114. The maximum Gasteiger partial charge on any atom is 0.407 e. The number of hydrogen-bond donors (Lipinski definition) is 4. The van der Waals surface area contributed by atoms with Crippen LogP contribution in [0.5, 0.6) is 0 Å². The molecule has 3 unspecified atom stereocenters. The highest BCUT2D eigenvalue weighted by Crippen LogP contribution is 2.11. The van der Waals surface area contributed by atoms with Crippen molar-refractivity contribution in [2.75, 3.05) is 13.2 Å². The number of alkyl carbamates (subject to hydrolysis) is 1. The summed E-state index contributed by atoms with van der Waals surface area (Å²) in [6, 6.07) is 7.88. The number of aliphatic hydroxyl groups is 1. The van der Waals surface area contributed by atoms with Crippen molar-refractivity contribution in [3.8, 4) is 0 Å². The molecule has 9 nitrogen and oxygen atoms in total. The summed E-state index contributed by atoms with van der Waals surface area (Å²) < 4.78 is 5.15. The van der Waals surface area contributed by atoms with E-state index in [1.807, 2.05) is 44.2 Å². The van der Waals surface area contributed by atoms with Crippen LogP contribution in [0.3, 0.4) is 0 Å². The summed E-state index contributed by atoms with van der Waals surface area (Å²) in [4.78, 5) is 49.5. The van der Waals surface area contributed by atoms with E-state index in [0.29, 0.717) is 25.7 Å². The first-order valence-electron chi connectivity index (χ1n) is 12.2. The Morgan fingerprint density at radius 2 is 1.71 bits per heavy atom. The van der Waals surface area contributed by atoms with E-state index in [2.05, 4.69) is 16.0 Å². The second-order valence-corrected chi connectivity index (χ2v) is 9.67. The van der Waals surface area contributed by atoms with Crippen LogP contribution in [0.1, 0.15) is 65.9 Å². The van der Waals surface area contributed by atoms with Gasteiger partial charge in [-0.3, -0.25) is 14.4 Å². The zero-order chi connectivity index (χ0) is 26.4. The lowest BCUT2D eigenvalue weighted by molar-refractivity contribution is -0.133. The number of amides is 3. The van der Waals surface area contributed by atoms with Crippen molar-refractivity contribution < 1.29 is 29.0 Å². The molecule has 1 aromatic rings. The minimum Gasteiger partial charge on any atom is -0.444 e. The van der Waals surface area contributed by atoms with Crippen molar-refractivity contribution in [1.29, 1.82) is 0 Å². The molecule has 0 spiro atoms. The molecule has 196 valence electrons. The summed E-state index contributed by atoms with van der Waals surface area (Å²) in [5, 5.41) is 17.4. The molecule has 35 heavy (non-hydrogen) atoms. The van der Waals surface area contributed by atoms with Gasteiger partial charge in [0.15, 0.2) is 5.78 Å². The van der Waals surface area contributed by atoms with E-state index in [0.717, 1.165) is 5.56 Å². The van der Waals surface area contributed by atoms with E-state index >= 15 is 0 Å². The molecule has 0 saturated carbocycles. The Bertz CT molecular complexity index is 822. The molecule has 0 aliphatic rings. The SMILES string of the molecule is CCC(C)C(NC(=O)CCCNC(=O)OC(C)(C)C)C(=O)NC(CCc1ccccc1)C(=O)CO. The average Bonchev–Trinajstić information content (AvgIpc) is 2.81. The van der Waals surface area contributed by atoms with Gasteiger partial charge in [0.2, 0.25) is 11.8 Å². The number of nitrogens with one attached hydrogen (secondary N) is 3. The third-order valence-corrected chi connectivity index (χ3v) is 5.49. The Balaban J connectivity index is 2.65. The number of hydrogen-bond acceptors (Lipinski definition) is 6. The summed E-state index contributed by atoms with van der Waals surface area (Å²) in [5.41, 5.74) is 0.415. The molecular weight excluding hydrogens is 450 g/mol. The zero-order valence-electron chi connectivity index (χ0n) is 21.6. The van der Waals surface area contributed by atoms with Crippen LogP contribution in [-0.2, 0) is 25.5 Å². The molecule has 3 atom stereocenters. The van der Waals surface area contributed by atoms with Crippen LogP contribution in [-0.4, -0.2) is 59.6 Å². The highest BCUT2D eigenvalue weighted by molar-refractivity contribution is 5.93. The molecule has 1 rings (SSSR count). The van der Waals surface area contributed by atoms with Crippen LogP contribution in [0, 0.1) is 5.92 Å². The van der Waals surface area contributed by atoms with Crippen LogP contribution in [0.4, 0.5) is 4.79 Å². The molecule has 1 aromatic carbocycles. The minimum atomic E-state index is -0.853. The molecule has 0 aliphatic heterocycles. The molecule has 0 fully saturated rings. The second kappa shape index (κ2) is 15.1. The second-order valence-electron chi connectivity index (χ2n) is 9.67. The van der Waals surface area contributed by atoms with Gasteiger partial charge in [-0.25, -0.2) is 4.79 Å². The van der Waals surface area contributed by atoms with Gasteiger partial charge in [-0.05, 0) is 51.5 Å². The van der Waals surface area contributed by atoms with E-state index in [-0.39, 0.29) is 24.8 Å². The lowest BCUT2D eigenvalue weighted by Gasteiger charge is -2.26. The topological polar surface area (TPSA) is 134 Å². The van der Waals surface area contributed by atoms with Crippen molar-refractivity contribution in [3.05, 3.63) is 35.9 Å². The first kappa shape index (κ1) is 30.1. The predicted molar refractivity (Wildman–Crippen MR) is 134 cm³/mol. The van der Waals surface area contributed by atoms with Crippen LogP contribution in [0.25, 0.3) is 0 Å². The standard InChI is InChI=1S/C26H41N3O6/c1-6-18(2)23(29-22(32)13-10-16-27-25(34)35-26(3,4)5)24(33)28-20(21(31)17-30)15-14-19-11-8-7-9-12-19/h7-9,11-12,18,20,23,30H,6,10,13-17H2,1-5H3,(H,27,34)(H,28,33)(H,29,32). The summed E-state index contributed by atoms with van der Waals surface area (Å²) >= 11 is 0. The molecular formula is C26H41N3O6. The van der Waals surface area contributed by atoms with E-state index in [4.69, 9.17) is 4.74 Å². The summed E-state index contributed by atoms with van der Waals surface area (Å²) in [6.07, 6.45) is 1.48. The monoisotopic (exact) mass is 491 g/mol.